The summed E-state index contributed by atoms with van der Waals surface area (Å²) < 4.78 is 11.2. The van der Waals surface area contributed by atoms with Crippen molar-refractivity contribution in [1.82, 2.24) is 5.32 Å². The van der Waals surface area contributed by atoms with Crippen LogP contribution in [-0.4, -0.2) is 31.3 Å². The molecule has 0 aliphatic carbocycles. The van der Waals surface area contributed by atoms with E-state index in [9.17, 15) is 4.79 Å². The standard InChI is InChI=1S/C19H30N2O3.ClH/c1-3-14(2)18(20)19(22)21-12-15-4-6-16(7-5-15)13-24-17-8-10-23-11-9-17;/h4-7,14,17-18H,3,8-13,20H2,1-2H3,(H,21,22);1H. The number of amides is 1. The number of ether oxygens (including phenoxy) is 2. The van der Waals surface area contributed by atoms with Gasteiger partial charge in [0.05, 0.1) is 18.8 Å². The number of hydrogen-bond donors (Lipinski definition) is 2. The average molecular weight is 371 g/mol. The van der Waals surface area contributed by atoms with Crippen molar-refractivity contribution in [3.63, 3.8) is 0 Å². The zero-order valence-corrected chi connectivity index (χ0v) is 16.0. The van der Waals surface area contributed by atoms with Crippen LogP contribution in [0.1, 0.15) is 44.2 Å². The summed E-state index contributed by atoms with van der Waals surface area (Å²) in [4.78, 5) is 12.0. The number of hydrogen-bond acceptors (Lipinski definition) is 4. The molecule has 142 valence electrons. The normalized spacial score (nSPS) is 17.4. The van der Waals surface area contributed by atoms with Crippen LogP contribution in [0.3, 0.4) is 0 Å². The van der Waals surface area contributed by atoms with Crippen molar-refractivity contribution in [3.8, 4) is 0 Å². The number of nitrogens with two attached hydrogens (primary N) is 1. The first kappa shape index (κ1) is 21.9. The minimum Gasteiger partial charge on any atom is -0.381 e. The van der Waals surface area contributed by atoms with Gasteiger partial charge in [0.25, 0.3) is 0 Å². The minimum atomic E-state index is -0.442. The number of nitrogens with one attached hydrogen (secondary N) is 1. The average Bonchev–Trinajstić information content (AvgIpc) is 2.64. The van der Waals surface area contributed by atoms with Crippen LogP contribution in [0.25, 0.3) is 0 Å². The van der Waals surface area contributed by atoms with E-state index in [0.29, 0.717) is 19.3 Å². The van der Waals surface area contributed by atoms with Gasteiger partial charge in [-0.3, -0.25) is 4.79 Å². The molecule has 1 aliphatic heterocycles. The van der Waals surface area contributed by atoms with Gasteiger partial charge in [-0.1, -0.05) is 44.5 Å². The molecule has 1 fully saturated rings. The van der Waals surface area contributed by atoms with Gasteiger partial charge in [-0.2, -0.15) is 0 Å². The molecule has 1 aliphatic rings. The number of halogens is 1. The molecule has 1 heterocycles. The minimum absolute atomic E-state index is 0. The predicted octanol–water partition coefficient (Wildman–Crippen LogP) is 2.79. The molecule has 2 atom stereocenters. The summed E-state index contributed by atoms with van der Waals surface area (Å²) in [6.45, 7) is 6.75. The second kappa shape index (κ2) is 11.5. The first-order valence-corrected chi connectivity index (χ1v) is 8.90. The summed E-state index contributed by atoms with van der Waals surface area (Å²) in [5, 5.41) is 2.91. The van der Waals surface area contributed by atoms with Crippen molar-refractivity contribution >= 4 is 18.3 Å². The highest BCUT2D eigenvalue weighted by atomic mass is 35.5. The summed E-state index contributed by atoms with van der Waals surface area (Å²) in [7, 11) is 0. The number of carbonyl (C=O) groups excluding carboxylic acids is 1. The molecule has 0 aromatic heterocycles. The Morgan fingerprint density at radius 1 is 1.28 bits per heavy atom. The number of benzene rings is 1. The topological polar surface area (TPSA) is 73.6 Å². The molecule has 25 heavy (non-hydrogen) atoms. The third-order valence-corrected chi connectivity index (χ3v) is 4.70. The van der Waals surface area contributed by atoms with Crippen molar-refractivity contribution in [2.45, 2.75) is 58.4 Å². The van der Waals surface area contributed by atoms with Crippen LogP contribution in [0.15, 0.2) is 24.3 Å². The molecular weight excluding hydrogens is 340 g/mol. The molecule has 2 rings (SSSR count). The Labute approximate surface area is 157 Å². The number of carbonyl (C=O) groups is 1. The first-order chi connectivity index (χ1) is 11.6. The van der Waals surface area contributed by atoms with Gasteiger partial charge < -0.3 is 20.5 Å². The van der Waals surface area contributed by atoms with E-state index in [1.165, 1.54) is 0 Å². The monoisotopic (exact) mass is 370 g/mol. The highest BCUT2D eigenvalue weighted by molar-refractivity contribution is 5.85. The van der Waals surface area contributed by atoms with Crippen molar-refractivity contribution in [1.29, 1.82) is 0 Å². The highest BCUT2D eigenvalue weighted by Crippen LogP contribution is 2.14. The molecule has 0 spiro atoms. The van der Waals surface area contributed by atoms with Crippen LogP contribution in [0.4, 0.5) is 0 Å². The lowest BCUT2D eigenvalue weighted by Crippen LogP contribution is -2.44. The molecule has 2 unspecified atom stereocenters. The second-order valence-electron chi connectivity index (χ2n) is 6.57. The molecule has 0 saturated carbocycles. The molecule has 1 aromatic carbocycles. The van der Waals surface area contributed by atoms with Crippen molar-refractivity contribution in [3.05, 3.63) is 35.4 Å². The zero-order valence-electron chi connectivity index (χ0n) is 15.2. The van der Waals surface area contributed by atoms with Crippen molar-refractivity contribution < 1.29 is 14.3 Å². The van der Waals surface area contributed by atoms with Crippen LogP contribution < -0.4 is 11.1 Å². The lowest BCUT2D eigenvalue weighted by molar-refractivity contribution is -0.123. The Bertz CT molecular complexity index is 504. The van der Waals surface area contributed by atoms with E-state index >= 15 is 0 Å². The smallest absolute Gasteiger partial charge is 0.237 e. The molecule has 1 aromatic rings. The maximum absolute atomic E-state index is 12.0. The number of rotatable bonds is 8. The lowest BCUT2D eigenvalue weighted by atomic mass is 9.99. The summed E-state index contributed by atoms with van der Waals surface area (Å²) in [6, 6.07) is 7.71. The second-order valence-corrected chi connectivity index (χ2v) is 6.57. The van der Waals surface area contributed by atoms with E-state index in [2.05, 4.69) is 17.4 Å². The molecule has 0 bridgehead atoms. The third-order valence-electron chi connectivity index (χ3n) is 4.70. The summed E-state index contributed by atoms with van der Waals surface area (Å²) >= 11 is 0. The Balaban J connectivity index is 0.00000312. The highest BCUT2D eigenvalue weighted by Gasteiger charge is 2.18. The zero-order chi connectivity index (χ0) is 17.4. The van der Waals surface area contributed by atoms with Crippen LogP contribution in [-0.2, 0) is 27.4 Å². The maximum atomic E-state index is 12.0. The van der Waals surface area contributed by atoms with Gasteiger partial charge >= 0.3 is 0 Å². The van der Waals surface area contributed by atoms with Gasteiger partial charge in [-0.05, 0) is 29.9 Å². The third kappa shape index (κ3) is 7.32. The van der Waals surface area contributed by atoms with E-state index in [1.54, 1.807) is 0 Å². The van der Waals surface area contributed by atoms with Crippen LogP contribution in [0.5, 0.6) is 0 Å². The molecule has 6 heteroatoms. The Hall–Kier alpha value is -1.14. The summed E-state index contributed by atoms with van der Waals surface area (Å²) in [5.41, 5.74) is 8.14. The Morgan fingerprint density at radius 3 is 2.48 bits per heavy atom. The molecule has 3 N–H and O–H groups in total. The fourth-order valence-electron chi connectivity index (χ4n) is 2.63. The fourth-order valence-corrected chi connectivity index (χ4v) is 2.63. The van der Waals surface area contributed by atoms with Gasteiger partial charge in [0.1, 0.15) is 0 Å². The van der Waals surface area contributed by atoms with E-state index in [1.807, 2.05) is 26.0 Å². The van der Waals surface area contributed by atoms with Gasteiger partial charge in [0.15, 0.2) is 0 Å². The lowest BCUT2D eigenvalue weighted by Gasteiger charge is -2.22. The van der Waals surface area contributed by atoms with Gasteiger partial charge in [-0.15, -0.1) is 12.4 Å². The largest absolute Gasteiger partial charge is 0.381 e. The SMILES string of the molecule is CCC(C)C(N)C(=O)NCc1ccc(COC2CCOCC2)cc1.Cl. The fraction of sp³-hybridized carbons (Fsp3) is 0.632. The Morgan fingerprint density at radius 2 is 1.88 bits per heavy atom. The summed E-state index contributed by atoms with van der Waals surface area (Å²) in [5.74, 6) is 0.103. The molecular formula is C19H31ClN2O3. The first-order valence-electron chi connectivity index (χ1n) is 8.90. The molecule has 1 saturated heterocycles. The van der Waals surface area contributed by atoms with Gasteiger partial charge in [0.2, 0.25) is 5.91 Å². The van der Waals surface area contributed by atoms with E-state index in [4.69, 9.17) is 15.2 Å². The predicted molar refractivity (Wildman–Crippen MR) is 102 cm³/mol. The van der Waals surface area contributed by atoms with Crippen molar-refractivity contribution in [2.24, 2.45) is 11.7 Å². The van der Waals surface area contributed by atoms with Crippen LogP contribution in [0.2, 0.25) is 0 Å². The quantitative estimate of drug-likeness (QED) is 0.738. The van der Waals surface area contributed by atoms with Crippen LogP contribution >= 0.6 is 12.4 Å². The molecule has 5 nitrogen and oxygen atoms in total. The van der Waals surface area contributed by atoms with Crippen molar-refractivity contribution in [2.75, 3.05) is 13.2 Å². The maximum Gasteiger partial charge on any atom is 0.237 e. The van der Waals surface area contributed by atoms with Gasteiger partial charge in [-0.25, -0.2) is 0 Å². The van der Waals surface area contributed by atoms with E-state index in [0.717, 1.165) is 43.6 Å². The molecule has 1 amide bonds. The summed E-state index contributed by atoms with van der Waals surface area (Å²) in [6.07, 6.45) is 3.15. The van der Waals surface area contributed by atoms with Gasteiger partial charge in [0, 0.05) is 19.8 Å². The molecule has 0 radical (unpaired) electrons. The van der Waals surface area contributed by atoms with Crippen LogP contribution in [0, 0.1) is 5.92 Å². The van der Waals surface area contributed by atoms with E-state index in [-0.39, 0.29) is 24.2 Å². The Kier molecular flexibility index (Phi) is 10.0. The van der Waals surface area contributed by atoms with E-state index < -0.39 is 6.04 Å².